The molecule has 12 heteroatoms. The van der Waals surface area contributed by atoms with Crippen LogP contribution >= 0.6 is 0 Å². The van der Waals surface area contributed by atoms with Crippen LogP contribution in [-0.2, 0) is 20.7 Å². The molecule has 232 valence electrons. The molecular weight excluding hydrogens is 600 g/mol. The Morgan fingerprint density at radius 2 is 1.61 bits per heavy atom. The van der Waals surface area contributed by atoms with Gasteiger partial charge in [0.25, 0.3) is 11.8 Å². The number of hydrogen-bond donors (Lipinski definition) is 3. The lowest BCUT2D eigenvalue weighted by molar-refractivity contribution is -0.0901. The van der Waals surface area contributed by atoms with Crippen molar-refractivity contribution >= 4 is 55.4 Å². The number of nitrogens with one attached hydrogen (secondary N) is 1. The van der Waals surface area contributed by atoms with E-state index >= 15 is 0 Å². The number of carbonyl (C=O) groups excluding carboxylic acids is 2. The van der Waals surface area contributed by atoms with Gasteiger partial charge in [0, 0.05) is 27.1 Å². The maximum atomic E-state index is 14.9. The minimum atomic E-state index is -1.24. The first-order valence-electron chi connectivity index (χ1n) is 14.9. The van der Waals surface area contributed by atoms with E-state index in [1.165, 1.54) is 36.4 Å². The van der Waals surface area contributed by atoms with Crippen molar-refractivity contribution in [3.05, 3.63) is 95.1 Å². The lowest BCUT2D eigenvalue weighted by atomic mass is 9.96. The number of carbonyl (C=O) groups is 2. The SMILES string of the molecule is O=C1c2c(c3c4cc(F)ccc4n([C@@H]4O[C@H]5[C@H](OC[C@H]5O)[C@H]4O)c3c3[nH]c4ccc(F)cc4c23)C(=O)N1OCCc1ccccc1. The minimum Gasteiger partial charge on any atom is -0.388 e. The number of ether oxygens (including phenoxy) is 2. The lowest BCUT2D eigenvalue weighted by Gasteiger charge is -2.22. The highest BCUT2D eigenvalue weighted by atomic mass is 19.1. The first-order valence-corrected chi connectivity index (χ1v) is 14.9. The van der Waals surface area contributed by atoms with E-state index in [1.54, 1.807) is 4.57 Å². The van der Waals surface area contributed by atoms with Crippen molar-refractivity contribution < 1.29 is 42.9 Å². The number of nitrogens with zero attached hydrogens (tertiary/aromatic N) is 2. The fourth-order valence-electron chi connectivity index (χ4n) is 7.34. The second-order valence-corrected chi connectivity index (χ2v) is 11.9. The van der Waals surface area contributed by atoms with E-state index in [1.807, 2.05) is 30.3 Å². The van der Waals surface area contributed by atoms with Gasteiger partial charge in [-0.05, 0) is 48.4 Å². The Morgan fingerprint density at radius 3 is 2.37 bits per heavy atom. The average Bonchev–Trinajstić information content (AvgIpc) is 3.82. The smallest absolute Gasteiger partial charge is 0.286 e. The van der Waals surface area contributed by atoms with Gasteiger partial charge in [0.2, 0.25) is 0 Å². The number of aromatic nitrogens is 2. The Hall–Kier alpha value is -4.72. The number of halogens is 2. The van der Waals surface area contributed by atoms with Gasteiger partial charge in [-0.15, -0.1) is 5.06 Å². The van der Waals surface area contributed by atoms with Gasteiger partial charge in [-0.1, -0.05) is 30.3 Å². The third-order valence-electron chi connectivity index (χ3n) is 9.31. The summed E-state index contributed by atoms with van der Waals surface area (Å²) in [5, 5.41) is 23.8. The van der Waals surface area contributed by atoms with E-state index in [0.29, 0.717) is 44.3 Å². The molecule has 0 radical (unpaired) electrons. The Bertz CT molecular complexity index is 2270. The van der Waals surface area contributed by atoms with Crippen molar-refractivity contribution in [1.82, 2.24) is 14.6 Å². The van der Waals surface area contributed by atoms with Gasteiger partial charge in [0.15, 0.2) is 6.23 Å². The van der Waals surface area contributed by atoms with Crippen LogP contribution in [0.3, 0.4) is 0 Å². The highest BCUT2D eigenvalue weighted by Gasteiger charge is 2.53. The van der Waals surface area contributed by atoms with Gasteiger partial charge < -0.3 is 29.2 Å². The fourth-order valence-corrected chi connectivity index (χ4v) is 7.34. The molecule has 3 aliphatic heterocycles. The summed E-state index contributed by atoms with van der Waals surface area (Å²) in [4.78, 5) is 37.4. The van der Waals surface area contributed by atoms with Gasteiger partial charge in [-0.25, -0.2) is 8.78 Å². The fraction of sp³-hybridized carbons (Fsp3) is 0.235. The molecule has 46 heavy (non-hydrogen) atoms. The number of imide groups is 1. The standard InChI is InChI=1S/C34H25F2N3O7/c35-16-6-8-20-18(12-16)23-25-26(33(43)39(32(25)42)45-11-10-15-4-2-1-3-5-15)24-19-13-17(36)7-9-21(19)38(28(24)27(23)37-20)34-29(41)31-30(46-34)22(40)14-44-31/h1-9,12-13,22,29-31,34,37,40-41H,10-11,14H2/t22-,29-,30-,31-,34-/m1/s1. The average molecular weight is 626 g/mol. The van der Waals surface area contributed by atoms with Gasteiger partial charge in [-0.3, -0.25) is 14.4 Å². The molecule has 2 aromatic heterocycles. The summed E-state index contributed by atoms with van der Waals surface area (Å²) in [6.07, 6.45) is -4.57. The molecule has 4 aromatic carbocycles. The first-order chi connectivity index (χ1) is 22.3. The predicted molar refractivity (Wildman–Crippen MR) is 161 cm³/mol. The molecule has 0 unspecified atom stereocenters. The highest BCUT2D eigenvalue weighted by Crippen LogP contribution is 2.48. The van der Waals surface area contributed by atoms with Crippen LogP contribution in [0.2, 0.25) is 0 Å². The van der Waals surface area contributed by atoms with Crippen LogP contribution < -0.4 is 0 Å². The number of benzene rings is 4. The van der Waals surface area contributed by atoms with Crippen LogP contribution in [0, 0.1) is 11.6 Å². The second kappa shape index (κ2) is 9.89. The molecule has 0 bridgehead atoms. The number of aromatic amines is 1. The molecule has 2 amide bonds. The lowest BCUT2D eigenvalue weighted by Crippen LogP contribution is -2.31. The van der Waals surface area contributed by atoms with Crippen molar-refractivity contribution in [2.24, 2.45) is 0 Å². The number of amides is 2. The van der Waals surface area contributed by atoms with Gasteiger partial charge in [0.05, 0.1) is 40.9 Å². The molecule has 6 aromatic rings. The van der Waals surface area contributed by atoms with Crippen molar-refractivity contribution in [3.8, 4) is 0 Å². The molecule has 0 spiro atoms. The second-order valence-electron chi connectivity index (χ2n) is 11.9. The molecular formula is C34H25F2N3O7. The van der Waals surface area contributed by atoms with Crippen LogP contribution in [0.15, 0.2) is 66.7 Å². The number of rotatable bonds is 5. The monoisotopic (exact) mass is 625 g/mol. The molecule has 5 heterocycles. The van der Waals surface area contributed by atoms with Crippen LogP contribution in [0.1, 0.15) is 32.5 Å². The first kappa shape index (κ1) is 27.6. The Balaban J connectivity index is 1.32. The van der Waals surface area contributed by atoms with Crippen LogP contribution in [0.5, 0.6) is 0 Å². The van der Waals surface area contributed by atoms with E-state index < -0.39 is 54.1 Å². The van der Waals surface area contributed by atoms with E-state index in [0.717, 1.165) is 5.56 Å². The maximum absolute atomic E-state index is 14.9. The summed E-state index contributed by atoms with van der Waals surface area (Å²) in [7, 11) is 0. The van der Waals surface area contributed by atoms with Crippen molar-refractivity contribution in [3.63, 3.8) is 0 Å². The number of fused-ring (bicyclic) bond motifs is 11. The number of H-pyrrole nitrogens is 1. The predicted octanol–water partition coefficient (Wildman–Crippen LogP) is 4.50. The third-order valence-corrected chi connectivity index (χ3v) is 9.31. The number of aliphatic hydroxyl groups is 2. The van der Waals surface area contributed by atoms with Crippen molar-refractivity contribution in [1.29, 1.82) is 0 Å². The summed E-state index contributed by atoms with van der Waals surface area (Å²) in [6, 6.07) is 17.5. The molecule has 0 saturated carbocycles. The van der Waals surface area contributed by atoms with E-state index in [4.69, 9.17) is 14.3 Å². The molecule has 3 N–H and O–H groups in total. The summed E-state index contributed by atoms with van der Waals surface area (Å²) < 4.78 is 43.1. The zero-order valence-corrected chi connectivity index (χ0v) is 23.9. The summed E-state index contributed by atoms with van der Waals surface area (Å²) in [5.41, 5.74) is 2.49. The van der Waals surface area contributed by atoms with Gasteiger partial charge in [-0.2, -0.15) is 0 Å². The zero-order chi connectivity index (χ0) is 31.4. The van der Waals surface area contributed by atoms with E-state index in [-0.39, 0.29) is 35.1 Å². The normalized spacial score (nSPS) is 24.3. The minimum absolute atomic E-state index is 0.000442. The van der Waals surface area contributed by atoms with Crippen molar-refractivity contribution in [2.75, 3.05) is 13.2 Å². The number of aliphatic hydroxyl groups excluding tert-OH is 2. The Morgan fingerprint density at radius 1 is 0.891 bits per heavy atom. The highest BCUT2D eigenvalue weighted by molar-refractivity contribution is 6.39. The van der Waals surface area contributed by atoms with Gasteiger partial charge in [0.1, 0.15) is 36.1 Å². The maximum Gasteiger partial charge on any atom is 0.286 e. The summed E-state index contributed by atoms with van der Waals surface area (Å²) in [6.45, 7) is 0.0213. The number of hydrogen-bond acceptors (Lipinski definition) is 7. The van der Waals surface area contributed by atoms with Crippen LogP contribution in [-0.4, -0.2) is 74.3 Å². The van der Waals surface area contributed by atoms with Crippen LogP contribution in [0.4, 0.5) is 8.78 Å². The largest absolute Gasteiger partial charge is 0.388 e. The van der Waals surface area contributed by atoms with Crippen molar-refractivity contribution in [2.45, 2.75) is 37.1 Å². The molecule has 10 nitrogen and oxygen atoms in total. The molecule has 2 saturated heterocycles. The molecule has 0 aliphatic carbocycles. The molecule has 3 aliphatic rings. The topological polar surface area (TPSA) is 126 Å². The zero-order valence-electron chi connectivity index (χ0n) is 23.9. The van der Waals surface area contributed by atoms with Gasteiger partial charge >= 0.3 is 0 Å². The Kier molecular flexibility index (Phi) is 5.93. The summed E-state index contributed by atoms with van der Waals surface area (Å²) >= 11 is 0. The molecule has 9 rings (SSSR count). The van der Waals surface area contributed by atoms with Crippen LogP contribution in [0.25, 0.3) is 43.6 Å². The quantitative estimate of drug-likeness (QED) is 0.241. The molecule has 5 atom stereocenters. The third kappa shape index (κ3) is 3.73. The Labute approximate surface area is 258 Å². The van der Waals surface area contributed by atoms with E-state index in [9.17, 15) is 28.6 Å². The summed E-state index contributed by atoms with van der Waals surface area (Å²) in [5.74, 6) is -2.62. The molecule has 2 fully saturated rings. The van der Waals surface area contributed by atoms with E-state index in [2.05, 4.69) is 4.98 Å². The number of hydroxylamine groups is 2.